The van der Waals surface area contributed by atoms with E-state index in [0.717, 1.165) is 57.3 Å². The van der Waals surface area contributed by atoms with Crippen LogP contribution in [0.2, 0.25) is 0 Å². The van der Waals surface area contributed by atoms with Crippen molar-refractivity contribution >= 4 is 19.8 Å². The lowest BCUT2D eigenvalue weighted by molar-refractivity contribution is -0.161. The van der Waals surface area contributed by atoms with Gasteiger partial charge < -0.3 is 29.3 Å². The normalized spacial score (nSPS) is 18.1. The van der Waals surface area contributed by atoms with Crippen molar-refractivity contribution in [2.45, 2.75) is 186 Å². The summed E-state index contributed by atoms with van der Waals surface area (Å²) in [6.45, 7) is 4.56. The third-order valence-corrected chi connectivity index (χ3v) is 10.1. The molecule has 0 aromatic rings. The van der Waals surface area contributed by atoms with Crippen LogP contribution in [0.4, 0.5) is 0 Å². The van der Waals surface area contributed by atoms with Crippen molar-refractivity contribution < 1.29 is 52.5 Å². The monoisotopic (exact) mass is 787 g/mol. The van der Waals surface area contributed by atoms with Gasteiger partial charge in [0.25, 0.3) is 0 Å². The summed E-state index contributed by atoms with van der Waals surface area (Å²) in [5.41, 5.74) is 0. The van der Waals surface area contributed by atoms with Gasteiger partial charge in [0.15, 0.2) is 6.10 Å². The molecular formula is C42H75O11P. The molecule has 1 rings (SSSR count). The van der Waals surface area contributed by atoms with E-state index in [4.69, 9.17) is 23.8 Å². The van der Waals surface area contributed by atoms with Crippen molar-refractivity contribution in [1.29, 1.82) is 0 Å². The van der Waals surface area contributed by atoms with Crippen LogP contribution in [-0.4, -0.2) is 77.9 Å². The Hall–Kier alpha value is -1.85. The Morgan fingerprint density at radius 2 is 1.31 bits per heavy atom. The molecule has 0 aliphatic carbocycles. The predicted octanol–water partition coefficient (Wildman–Crippen LogP) is 9.62. The average Bonchev–Trinajstić information content (AvgIpc) is 3.90. The van der Waals surface area contributed by atoms with Crippen molar-refractivity contribution in [3.63, 3.8) is 0 Å². The number of hydrogen-bond donors (Lipinski definition) is 3. The number of epoxide rings is 1. The first-order valence-electron chi connectivity index (χ1n) is 20.9. The van der Waals surface area contributed by atoms with Gasteiger partial charge in [-0.15, -0.1) is 0 Å². The lowest BCUT2D eigenvalue weighted by Crippen LogP contribution is -2.29. The van der Waals surface area contributed by atoms with Crippen LogP contribution in [0.25, 0.3) is 0 Å². The summed E-state index contributed by atoms with van der Waals surface area (Å²) in [6.07, 6.45) is 32.8. The highest BCUT2D eigenvalue weighted by molar-refractivity contribution is 7.47. The Labute approximate surface area is 326 Å². The summed E-state index contributed by atoms with van der Waals surface area (Å²) < 4.78 is 38.4. The number of unbranched alkanes of at least 4 members (excludes halogenated alkanes) is 12. The van der Waals surface area contributed by atoms with Crippen LogP contribution in [0.1, 0.15) is 162 Å². The van der Waals surface area contributed by atoms with Crippen molar-refractivity contribution in [2.75, 3.05) is 26.4 Å². The Kier molecular flexibility index (Phi) is 30.9. The summed E-state index contributed by atoms with van der Waals surface area (Å²) in [4.78, 5) is 35.0. The topological polar surface area (TPSA) is 161 Å². The fourth-order valence-corrected chi connectivity index (χ4v) is 6.58. The van der Waals surface area contributed by atoms with Gasteiger partial charge in [-0.2, -0.15) is 0 Å². The molecular weight excluding hydrogens is 711 g/mol. The standard InChI is InChI=1S/C42H75O11P/c1-4-5-6-7-8-9-10-11-15-18-21-24-28-39-40(53-39)29-26-31-41(45)49-34-38(35-51-54(47,48)50-33-37(44)32-43)52-42(46)30-25-22-19-16-13-12-14-17-20-23-27-36(2)3/h8-9,11,15,21,24,36-40,43-44H,4-7,10,12-14,16-20,22-23,25-35H2,1-3H3,(H,47,48)/b9-8-,15-11-,24-21-/t37-,38+,39?,40?/m0/s1. The molecule has 314 valence electrons. The van der Waals surface area contributed by atoms with Crippen molar-refractivity contribution in [2.24, 2.45) is 5.92 Å². The molecule has 12 heteroatoms. The maximum atomic E-state index is 12.6. The number of ether oxygens (including phenoxy) is 3. The SMILES string of the molecule is CCCCC/C=C\C/C=C\C/C=C\CC1OC1CCCC(=O)OC[C@H](COP(=O)(O)OC[C@@H](O)CO)OC(=O)CCCCCCCCCCCCC(C)C. The molecule has 1 aliphatic heterocycles. The summed E-state index contributed by atoms with van der Waals surface area (Å²) in [5, 5.41) is 18.3. The fraction of sp³-hybridized carbons (Fsp3) is 0.810. The number of phosphoric acid groups is 1. The maximum Gasteiger partial charge on any atom is 0.472 e. The fourth-order valence-electron chi connectivity index (χ4n) is 5.79. The molecule has 1 heterocycles. The minimum atomic E-state index is -4.63. The van der Waals surface area contributed by atoms with Crippen LogP contribution in [0.3, 0.4) is 0 Å². The molecule has 0 spiro atoms. The number of carbonyl (C=O) groups is 2. The molecule has 3 N–H and O–H groups in total. The van der Waals surface area contributed by atoms with Gasteiger partial charge in [-0.1, -0.05) is 134 Å². The first-order valence-corrected chi connectivity index (χ1v) is 22.4. The van der Waals surface area contributed by atoms with Crippen LogP contribution in [0.15, 0.2) is 36.5 Å². The number of esters is 2. The minimum absolute atomic E-state index is 0.116. The lowest BCUT2D eigenvalue weighted by Gasteiger charge is -2.20. The minimum Gasteiger partial charge on any atom is -0.462 e. The highest BCUT2D eigenvalue weighted by atomic mass is 31.2. The Morgan fingerprint density at radius 1 is 0.722 bits per heavy atom. The van der Waals surface area contributed by atoms with Gasteiger partial charge in [0.05, 0.1) is 32.0 Å². The van der Waals surface area contributed by atoms with Crippen LogP contribution >= 0.6 is 7.82 Å². The van der Waals surface area contributed by atoms with E-state index in [0.29, 0.717) is 12.8 Å². The van der Waals surface area contributed by atoms with Gasteiger partial charge in [-0.05, 0) is 57.3 Å². The highest BCUT2D eigenvalue weighted by Crippen LogP contribution is 2.43. The smallest absolute Gasteiger partial charge is 0.462 e. The van der Waals surface area contributed by atoms with Gasteiger partial charge in [0, 0.05) is 12.8 Å². The number of rotatable bonds is 37. The summed E-state index contributed by atoms with van der Waals surface area (Å²) in [6, 6.07) is 0. The van der Waals surface area contributed by atoms with E-state index in [2.05, 4.69) is 61.8 Å². The number of hydrogen-bond acceptors (Lipinski definition) is 10. The molecule has 11 nitrogen and oxygen atoms in total. The van der Waals surface area contributed by atoms with E-state index in [-0.39, 0.29) is 31.7 Å². The van der Waals surface area contributed by atoms with Crippen molar-refractivity contribution in [3.05, 3.63) is 36.5 Å². The van der Waals surface area contributed by atoms with Gasteiger partial charge in [-0.3, -0.25) is 18.6 Å². The largest absolute Gasteiger partial charge is 0.472 e. The molecule has 1 aliphatic rings. The number of aliphatic hydroxyl groups is 2. The zero-order valence-electron chi connectivity index (χ0n) is 33.8. The second kappa shape index (κ2) is 33.3. The molecule has 0 radical (unpaired) electrons. The lowest BCUT2D eigenvalue weighted by atomic mass is 10.0. The van der Waals surface area contributed by atoms with Crippen molar-refractivity contribution in [1.82, 2.24) is 0 Å². The van der Waals surface area contributed by atoms with Crippen LogP contribution in [0.5, 0.6) is 0 Å². The third-order valence-electron chi connectivity index (χ3n) is 9.15. The molecule has 1 saturated heterocycles. The number of carbonyl (C=O) groups excluding carboxylic acids is 2. The van der Waals surface area contributed by atoms with Crippen LogP contribution < -0.4 is 0 Å². The van der Waals surface area contributed by atoms with E-state index in [1.165, 1.54) is 64.2 Å². The Bertz CT molecular complexity index is 1080. The second-order valence-electron chi connectivity index (χ2n) is 14.9. The third kappa shape index (κ3) is 31.4. The molecule has 3 unspecified atom stereocenters. The summed E-state index contributed by atoms with van der Waals surface area (Å²) >= 11 is 0. The second-order valence-corrected chi connectivity index (χ2v) is 16.3. The Balaban J connectivity index is 2.32. The zero-order valence-corrected chi connectivity index (χ0v) is 34.7. The molecule has 0 aromatic heterocycles. The van der Waals surface area contributed by atoms with E-state index in [1.54, 1.807) is 0 Å². The number of aliphatic hydroxyl groups excluding tert-OH is 2. The van der Waals surface area contributed by atoms with Gasteiger partial charge >= 0.3 is 19.8 Å². The first-order chi connectivity index (χ1) is 26.1. The van der Waals surface area contributed by atoms with Crippen LogP contribution in [0, 0.1) is 5.92 Å². The summed E-state index contributed by atoms with van der Waals surface area (Å²) in [7, 11) is -4.63. The first kappa shape index (κ1) is 50.2. The van der Waals surface area contributed by atoms with Gasteiger partial charge in [0.2, 0.25) is 0 Å². The number of phosphoric ester groups is 1. The van der Waals surface area contributed by atoms with E-state index in [1.807, 2.05) is 0 Å². The summed E-state index contributed by atoms with van der Waals surface area (Å²) in [5.74, 6) is -0.221. The maximum absolute atomic E-state index is 12.6. The van der Waals surface area contributed by atoms with E-state index in [9.17, 15) is 24.2 Å². The molecule has 5 atom stereocenters. The predicted molar refractivity (Wildman–Crippen MR) is 214 cm³/mol. The zero-order chi connectivity index (χ0) is 39.7. The quantitative estimate of drug-likeness (QED) is 0.0181. The molecule has 0 aromatic carbocycles. The Morgan fingerprint density at radius 3 is 1.96 bits per heavy atom. The highest BCUT2D eigenvalue weighted by Gasteiger charge is 2.36. The molecule has 0 saturated carbocycles. The van der Waals surface area contributed by atoms with Gasteiger partial charge in [0.1, 0.15) is 12.7 Å². The van der Waals surface area contributed by atoms with E-state index < -0.39 is 51.8 Å². The van der Waals surface area contributed by atoms with E-state index >= 15 is 0 Å². The van der Waals surface area contributed by atoms with Gasteiger partial charge in [-0.25, -0.2) is 4.57 Å². The number of allylic oxidation sites excluding steroid dienone is 5. The van der Waals surface area contributed by atoms with Crippen LogP contribution in [-0.2, 0) is 37.4 Å². The average molecular weight is 787 g/mol. The molecule has 0 bridgehead atoms. The molecule has 1 fully saturated rings. The molecule has 54 heavy (non-hydrogen) atoms. The van der Waals surface area contributed by atoms with Crippen molar-refractivity contribution in [3.8, 4) is 0 Å². The molecule has 0 amide bonds.